The molecule has 2 heterocycles. The highest BCUT2D eigenvalue weighted by Crippen LogP contribution is 2.33. The lowest BCUT2D eigenvalue weighted by Gasteiger charge is -2.20. The highest BCUT2D eigenvalue weighted by molar-refractivity contribution is 7.51. The quantitative estimate of drug-likeness (QED) is 0.482. The second-order valence-electron chi connectivity index (χ2n) is 4.88. The lowest BCUT2D eigenvalue weighted by molar-refractivity contribution is 0.282. The van der Waals surface area contributed by atoms with Gasteiger partial charge in [-0.05, 0) is 6.54 Å². The van der Waals surface area contributed by atoms with Crippen LogP contribution < -0.4 is 11.3 Å². The molecule has 0 aromatic carbocycles. The van der Waals surface area contributed by atoms with Crippen LogP contribution in [0.15, 0.2) is 11.1 Å². The Morgan fingerprint density at radius 2 is 2.18 bits per heavy atom. The van der Waals surface area contributed by atoms with Gasteiger partial charge in [0.15, 0.2) is 11.2 Å². The zero-order valence-electron chi connectivity index (χ0n) is 12.1. The number of likely N-dealkylation sites (N-methyl/N-ethyl adjacent to an activating group) is 1. The van der Waals surface area contributed by atoms with Crippen LogP contribution in [0.25, 0.3) is 11.2 Å². The third-order valence-corrected chi connectivity index (χ3v) is 4.09. The van der Waals surface area contributed by atoms with Crippen LogP contribution in [0.2, 0.25) is 0 Å². The molecule has 10 nitrogen and oxygen atoms in total. The lowest BCUT2D eigenvalue weighted by atomic mass is 10.4. The molecule has 0 aliphatic carbocycles. The minimum Gasteiger partial charge on any atom is -0.369 e. The fourth-order valence-electron chi connectivity index (χ4n) is 2.08. The number of nitrogen functional groups attached to an aromatic ring is 1. The van der Waals surface area contributed by atoms with Crippen molar-refractivity contribution in [1.29, 1.82) is 0 Å². The first-order chi connectivity index (χ1) is 10.3. The van der Waals surface area contributed by atoms with Gasteiger partial charge in [0.05, 0.1) is 12.5 Å². The summed E-state index contributed by atoms with van der Waals surface area (Å²) in [5.74, 6) is 0.0214. The van der Waals surface area contributed by atoms with E-state index < -0.39 is 13.2 Å². The van der Waals surface area contributed by atoms with Crippen molar-refractivity contribution in [2.45, 2.75) is 13.5 Å². The highest BCUT2D eigenvalue weighted by Gasteiger charge is 2.15. The van der Waals surface area contributed by atoms with Crippen molar-refractivity contribution in [2.24, 2.45) is 0 Å². The Labute approximate surface area is 126 Å². The molecule has 22 heavy (non-hydrogen) atoms. The summed E-state index contributed by atoms with van der Waals surface area (Å²) >= 11 is 0. The Hall–Kier alpha value is -1.74. The Bertz CT molecular complexity index is 751. The maximum absolute atomic E-state index is 11.7. The van der Waals surface area contributed by atoms with Crippen LogP contribution in [0.5, 0.6) is 0 Å². The number of aromatic amines is 1. The number of anilines is 1. The van der Waals surface area contributed by atoms with E-state index in [0.29, 0.717) is 31.8 Å². The van der Waals surface area contributed by atoms with Crippen molar-refractivity contribution in [3.05, 3.63) is 16.7 Å². The summed E-state index contributed by atoms with van der Waals surface area (Å²) in [6.45, 7) is 3.90. The van der Waals surface area contributed by atoms with E-state index in [0.717, 1.165) is 0 Å². The number of nitrogens with one attached hydrogen (secondary N) is 1. The number of rotatable bonds is 7. The molecule has 0 aliphatic rings. The lowest BCUT2D eigenvalue weighted by Crippen LogP contribution is -2.30. The molecule has 0 saturated heterocycles. The van der Waals surface area contributed by atoms with Crippen LogP contribution in [-0.2, 0) is 11.1 Å². The molecule has 2 aromatic rings. The van der Waals surface area contributed by atoms with Crippen molar-refractivity contribution in [1.82, 2.24) is 24.4 Å². The molecule has 2 rings (SSSR count). The van der Waals surface area contributed by atoms with Gasteiger partial charge >= 0.3 is 7.60 Å². The maximum Gasteiger partial charge on any atom is 0.326 e. The van der Waals surface area contributed by atoms with Gasteiger partial charge in [-0.2, -0.15) is 4.98 Å². The smallest absolute Gasteiger partial charge is 0.326 e. The summed E-state index contributed by atoms with van der Waals surface area (Å²) in [5.41, 5.74) is 5.74. The Balaban J connectivity index is 2.07. The first kappa shape index (κ1) is 16.6. The molecule has 0 radical (unpaired) electrons. The Morgan fingerprint density at radius 3 is 2.82 bits per heavy atom. The van der Waals surface area contributed by atoms with Crippen molar-refractivity contribution in [3.63, 3.8) is 0 Å². The first-order valence-corrected chi connectivity index (χ1v) is 8.57. The van der Waals surface area contributed by atoms with Gasteiger partial charge in [0.1, 0.15) is 0 Å². The number of aromatic nitrogens is 4. The summed E-state index contributed by atoms with van der Waals surface area (Å²) in [5, 5.41) is 0. The minimum absolute atomic E-state index is 0.0214. The number of hydrogen-bond acceptors (Lipinski definition) is 6. The molecule has 0 unspecified atom stereocenters. The number of nitrogens with zero attached hydrogens (tertiary/aromatic N) is 4. The fraction of sp³-hybridized carbons (Fsp3) is 0.545. The van der Waals surface area contributed by atoms with Crippen molar-refractivity contribution >= 4 is 24.7 Å². The van der Waals surface area contributed by atoms with Gasteiger partial charge in [0.2, 0.25) is 5.95 Å². The number of H-pyrrole nitrogens is 1. The molecular weight excluding hydrogens is 311 g/mol. The van der Waals surface area contributed by atoms with E-state index in [-0.39, 0.29) is 17.6 Å². The van der Waals surface area contributed by atoms with Crippen LogP contribution in [0.3, 0.4) is 0 Å². The normalized spacial score (nSPS) is 12.4. The molecule has 0 saturated carbocycles. The van der Waals surface area contributed by atoms with Crippen molar-refractivity contribution in [2.75, 3.05) is 31.5 Å². The second kappa shape index (κ2) is 6.57. The molecule has 0 bridgehead atoms. The summed E-state index contributed by atoms with van der Waals surface area (Å²) in [4.78, 5) is 41.9. The standard InChI is InChI=1S/C11H19N6O4P/c1-2-16(5-6-22(19,20)21)3-4-17-7-13-8-9(17)14-11(12)15-10(8)18/h7H,2-6H2,1H3,(H2,19,20,21)(H3,12,14,15,18). The Morgan fingerprint density at radius 1 is 1.45 bits per heavy atom. The van der Waals surface area contributed by atoms with Crippen LogP contribution in [0.4, 0.5) is 5.95 Å². The van der Waals surface area contributed by atoms with Gasteiger partial charge in [-0.15, -0.1) is 0 Å². The van der Waals surface area contributed by atoms with Gasteiger partial charge in [0.25, 0.3) is 5.56 Å². The van der Waals surface area contributed by atoms with Crippen molar-refractivity contribution in [3.8, 4) is 0 Å². The van der Waals surface area contributed by atoms with Gasteiger partial charge in [-0.3, -0.25) is 14.3 Å². The zero-order valence-corrected chi connectivity index (χ0v) is 13.0. The third kappa shape index (κ3) is 4.14. The van der Waals surface area contributed by atoms with E-state index in [1.807, 2.05) is 11.8 Å². The van der Waals surface area contributed by atoms with Crippen LogP contribution in [-0.4, -0.2) is 60.0 Å². The maximum atomic E-state index is 11.7. The topological polar surface area (TPSA) is 150 Å². The SMILES string of the molecule is CCN(CCn1cnc2c(=O)[nH]c(N)nc21)CCP(=O)(O)O. The van der Waals surface area contributed by atoms with E-state index in [4.69, 9.17) is 15.5 Å². The number of imidazole rings is 1. The summed E-state index contributed by atoms with van der Waals surface area (Å²) in [6.07, 6.45) is 1.32. The van der Waals surface area contributed by atoms with Crippen LogP contribution in [0.1, 0.15) is 6.92 Å². The molecule has 2 aromatic heterocycles. The van der Waals surface area contributed by atoms with E-state index in [2.05, 4.69) is 15.0 Å². The first-order valence-electron chi connectivity index (χ1n) is 6.77. The van der Waals surface area contributed by atoms with E-state index in [1.165, 1.54) is 6.33 Å². The largest absolute Gasteiger partial charge is 0.369 e. The fourth-order valence-corrected chi connectivity index (χ4v) is 2.63. The summed E-state index contributed by atoms with van der Waals surface area (Å²) in [6, 6.07) is 0. The minimum atomic E-state index is -4.00. The molecule has 0 aliphatic heterocycles. The van der Waals surface area contributed by atoms with Crippen LogP contribution >= 0.6 is 7.60 Å². The average molecular weight is 330 g/mol. The average Bonchev–Trinajstić information content (AvgIpc) is 2.81. The Kier molecular flexibility index (Phi) is 4.97. The molecule has 11 heteroatoms. The molecule has 122 valence electrons. The number of hydrogen-bond donors (Lipinski definition) is 4. The van der Waals surface area contributed by atoms with Gasteiger partial charge in [-0.1, -0.05) is 6.92 Å². The third-order valence-electron chi connectivity index (χ3n) is 3.30. The zero-order chi connectivity index (χ0) is 16.3. The monoisotopic (exact) mass is 330 g/mol. The second-order valence-corrected chi connectivity index (χ2v) is 6.66. The van der Waals surface area contributed by atoms with E-state index in [1.54, 1.807) is 4.57 Å². The predicted molar refractivity (Wildman–Crippen MR) is 81.6 cm³/mol. The molecule has 0 fully saturated rings. The summed E-state index contributed by atoms with van der Waals surface area (Å²) in [7, 11) is -4.00. The molecule has 0 amide bonds. The summed E-state index contributed by atoms with van der Waals surface area (Å²) < 4.78 is 12.6. The molecule has 0 spiro atoms. The molecule has 0 atom stereocenters. The van der Waals surface area contributed by atoms with E-state index in [9.17, 15) is 9.36 Å². The van der Waals surface area contributed by atoms with E-state index >= 15 is 0 Å². The molecule has 5 N–H and O–H groups in total. The van der Waals surface area contributed by atoms with Crippen molar-refractivity contribution < 1.29 is 14.4 Å². The number of nitrogens with two attached hydrogens (primary N) is 1. The van der Waals surface area contributed by atoms with Gasteiger partial charge < -0.3 is 25.0 Å². The van der Waals surface area contributed by atoms with Crippen LogP contribution in [0, 0.1) is 0 Å². The highest BCUT2D eigenvalue weighted by atomic mass is 31.2. The number of fused-ring (bicyclic) bond motifs is 1. The van der Waals surface area contributed by atoms with Gasteiger partial charge in [0, 0.05) is 19.6 Å². The van der Waals surface area contributed by atoms with Gasteiger partial charge in [-0.25, -0.2) is 4.98 Å². The predicted octanol–water partition coefficient (Wildman–Crippen LogP) is -0.799. The molecular formula is C11H19N6O4P.